The predicted molar refractivity (Wildman–Crippen MR) is 67.9 cm³/mol. The van der Waals surface area contributed by atoms with Crippen LogP contribution in [0.3, 0.4) is 0 Å². The van der Waals surface area contributed by atoms with Crippen molar-refractivity contribution in [2.24, 2.45) is 5.10 Å². The average Bonchev–Trinajstić information content (AvgIpc) is 2.42. The molecule has 1 aliphatic heterocycles. The molecule has 0 spiro atoms. The van der Waals surface area contributed by atoms with Gasteiger partial charge in [0, 0.05) is 18.2 Å². The van der Waals surface area contributed by atoms with Gasteiger partial charge in [-0.15, -0.1) is 5.10 Å². The van der Waals surface area contributed by atoms with Crippen molar-refractivity contribution in [3.63, 3.8) is 0 Å². The van der Waals surface area contributed by atoms with Crippen molar-refractivity contribution in [1.82, 2.24) is 5.43 Å². The predicted octanol–water partition coefficient (Wildman–Crippen LogP) is 1.29. The van der Waals surface area contributed by atoms with E-state index in [0.717, 1.165) is 0 Å². The van der Waals surface area contributed by atoms with E-state index in [0.29, 0.717) is 17.7 Å². The molecule has 0 aliphatic carbocycles. The van der Waals surface area contributed by atoms with Crippen molar-refractivity contribution < 1.29 is 18.7 Å². The van der Waals surface area contributed by atoms with Crippen LogP contribution in [0.1, 0.15) is 11.1 Å². The van der Waals surface area contributed by atoms with Crippen molar-refractivity contribution >= 4 is 17.9 Å². The van der Waals surface area contributed by atoms with Gasteiger partial charge < -0.3 is 9.47 Å². The molecule has 2 rings (SSSR count). The molecule has 0 unspecified atom stereocenters. The Bertz CT molecular complexity index is 541. The zero-order valence-electron chi connectivity index (χ0n) is 10.4. The zero-order chi connectivity index (χ0) is 13.7. The first-order chi connectivity index (χ1) is 9.20. The number of amides is 1. The number of halogens is 1. The van der Waals surface area contributed by atoms with E-state index in [9.17, 15) is 9.18 Å². The van der Waals surface area contributed by atoms with Crippen LogP contribution in [-0.4, -0.2) is 32.1 Å². The lowest BCUT2D eigenvalue weighted by atomic mass is 10.1. The highest BCUT2D eigenvalue weighted by Gasteiger charge is 2.15. The SMILES string of the molecule is COC/C=C/c1ccc(C2=NNC(=O)CO2)cc1F. The Labute approximate surface area is 109 Å². The quantitative estimate of drug-likeness (QED) is 0.891. The molecule has 5 nitrogen and oxygen atoms in total. The maximum atomic E-state index is 13.8. The van der Waals surface area contributed by atoms with Crippen molar-refractivity contribution in [3.8, 4) is 0 Å². The van der Waals surface area contributed by atoms with Gasteiger partial charge in [-0.05, 0) is 12.1 Å². The minimum atomic E-state index is -0.395. The van der Waals surface area contributed by atoms with E-state index in [2.05, 4.69) is 10.5 Å². The number of nitrogens with one attached hydrogen (secondary N) is 1. The van der Waals surface area contributed by atoms with Gasteiger partial charge in [0.05, 0.1) is 6.61 Å². The Morgan fingerprint density at radius 1 is 1.58 bits per heavy atom. The molecule has 1 aromatic rings. The fraction of sp³-hybridized carbons (Fsp3) is 0.231. The number of hydrogen-bond acceptors (Lipinski definition) is 4. The summed E-state index contributed by atoms with van der Waals surface area (Å²) in [6.07, 6.45) is 3.35. The lowest BCUT2D eigenvalue weighted by Gasteiger charge is -2.13. The molecule has 100 valence electrons. The fourth-order valence-corrected chi connectivity index (χ4v) is 1.53. The Morgan fingerprint density at radius 2 is 2.42 bits per heavy atom. The molecule has 0 aromatic heterocycles. The molecule has 0 bridgehead atoms. The highest BCUT2D eigenvalue weighted by molar-refractivity contribution is 5.98. The first kappa shape index (κ1) is 13.2. The minimum Gasteiger partial charge on any atom is -0.466 e. The van der Waals surface area contributed by atoms with Crippen LogP contribution in [0.5, 0.6) is 0 Å². The van der Waals surface area contributed by atoms with Gasteiger partial charge in [-0.1, -0.05) is 18.2 Å². The number of benzene rings is 1. The highest BCUT2D eigenvalue weighted by Crippen LogP contribution is 2.14. The third kappa shape index (κ3) is 3.38. The summed E-state index contributed by atoms with van der Waals surface area (Å²) in [5.41, 5.74) is 3.20. The number of nitrogens with zero attached hydrogens (tertiary/aromatic N) is 1. The number of carbonyl (C=O) groups excluding carboxylic acids is 1. The van der Waals surface area contributed by atoms with Crippen molar-refractivity contribution in [1.29, 1.82) is 0 Å². The van der Waals surface area contributed by atoms with E-state index in [-0.39, 0.29) is 18.4 Å². The molecule has 1 amide bonds. The smallest absolute Gasteiger partial charge is 0.278 e. The zero-order valence-corrected chi connectivity index (χ0v) is 10.4. The van der Waals surface area contributed by atoms with E-state index in [4.69, 9.17) is 9.47 Å². The summed E-state index contributed by atoms with van der Waals surface area (Å²) in [4.78, 5) is 10.9. The van der Waals surface area contributed by atoms with Gasteiger partial charge in [0.2, 0.25) is 5.90 Å². The van der Waals surface area contributed by atoms with Gasteiger partial charge in [-0.25, -0.2) is 9.82 Å². The number of ether oxygens (including phenoxy) is 2. The summed E-state index contributed by atoms with van der Waals surface area (Å²) in [7, 11) is 1.57. The van der Waals surface area contributed by atoms with Gasteiger partial charge in [0.15, 0.2) is 6.61 Å². The molecule has 0 saturated carbocycles. The Hall–Kier alpha value is -2.21. The first-order valence-electron chi connectivity index (χ1n) is 5.65. The molecular weight excluding hydrogens is 251 g/mol. The summed E-state index contributed by atoms with van der Waals surface area (Å²) >= 11 is 0. The van der Waals surface area contributed by atoms with Crippen LogP contribution >= 0.6 is 0 Å². The Morgan fingerprint density at radius 3 is 3.05 bits per heavy atom. The van der Waals surface area contributed by atoms with Crippen LogP contribution in [0, 0.1) is 5.82 Å². The number of carbonyl (C=O) groups is 1. The number of hydrogen-bond donors (Lipinski definition) is 1. The van der Waals surface area contributed by atoms with Crippen molar-refractivity contribution in [3.05, 3.63) is 41.2 Å². The number of rotatable bonds is 4. The van der Waals surface area contributed by atoms with Crippen LogP contribution in [0.2, 0.25) is 0 Å². The Balaban J connectivity index is 2.17. The topological polar surface area (TPSA) is 59.9 Å². The van der Waals surface area contributed by atoms with Crippen LogP contribution in [0.4, 0.5) is 4.39 Å². The summed E-state index contributed by atoms with van der Waals surface area (Å²) in [5.74, 6) is -0.526. The molecule has 0 radical (unpaired) electrons. The molecule has 0 fully saturated rings. The van der Waals surface area contributed by atoms with Gasteiger partial charge >= 0.3 is 0 Å². The monoisotopic (exact) mass is 264 g/mol. The van der Waals surface area contributed by atoms with Crippen LogP contribution in [-0.2, 0) is 14.3 Å². The number of methoxy groups -OCH3 is 1. The molecule has 19 heavy (non-hydrogen) atoms. The van der Waals surface area contributed by atoms with Crippen molar-refractivity contribution in [2.45, 2.75) is 0 Å². The summed E-state index contributed by atoms with van der Waals surface area (Å²) in [6.45, 7) is 0.305. The van der Waals surface area contributed by atoms with E-state index in [1.165, 1.54) is 6.07 Å². The third-order valence-corrected chi connectivity index (χ3v) is 2.43. The lowest BCUT2D eigenvalue weighted by molar-refractivity contribution is -0.124. The molecule has 1 aromatic carbocycles. The van der Waals surface area contributed by atoms with Gasteiger partial charge in [0.25, 0.3) is 5.91 Å². The summed E-state index contributed by atoms with van der Waals surface area (Å²) in [5, 5.41) is 3.72. The normalized spacial score (nSPS) is 15.1. The molecule has 1 N–H and O–H groups in total. The molecule has 6 heteroatoms. The second kappa shape index (κ2) is 6.10. The standard InChI is InChI=1S/C13H13FN2O3/c1-18-6-2-3-9-4-5-10(7-11(9)14)13-16-15-12(17)8-19-13/h2-5,7H,6,8H2,1H3,(H,15,17)/b3-2+. The summed E-state index contributed by atoms with van der Waals surface area (Å²) < 4.78 is 23.8. The van der Waals surface area contributed by atoms with Gasteiger partial charge in [-0.3, -0.25) is 4.79 Å². The lowest BCUT2D eigenvalue weighted by Crippen LogP contribution is -2.32. The molecule has 1 heterocycles. The molecular formula is C13H13FN2O3. The molecule has 1 aliphatic rings. The number of hydrazone groups is 1. The van der Waals surface area contributed by atoms with E-state index in [1.54, 1.807) is 31.4 Å². The average molecular weight is 264 g/mol. The van der Waals surface area contributed by atoms with Crippen LogP contribution in [0.25, 0.3) is 6.08 Å². The third-order valence-electron chi connectivity index (χ3n) is 2.43. The molecule has 0 atom stereocenters. The second-order valence-electron chi connectivity index (χ2n) is 3.83. The first-order valence-corrected chi connectivity index (χ1v) is 5.65. The fourth-order valence-electron chi connectivity index (χ4n) is 1.53. The maximum Gasteiger partial charge on any atom is 0.278 e. The van der Waals surface area contributed by atoms with Crippen molar-refractivity contribution in [2.75, 3.05) is 20.3 Å². The van der Waals surface area contributed by atoms with E-state index in [1.807, 2.05) is 0 Å². The maximum absolute atomic E-state index is 13.8. The van der Waals surface area contributed by atoms with Gasteiger partial charge in [0.1, 0.15) is 5.82 Å². The van der Waals surface area contributed by atoms with Crippen LogP contribution in [0.15, 0.2) is 29.4 Å². The molecule has 0 saturated heterocycles. The second-order valence-corrected chi connectivity index (χ2v) is 3.83. The summed E-state index contributed by atoms with van der Waals surface area (Å²) in [6, 6.07) is 4.59. The largest absolute Gasteiger partial charge is 0.466 e. The minimum absolute atomic E-state index is 0.115. The highest BCUT2D eigenvalue weighted by atomic mass is 19.1. The van der Waals surface area contributed by atoms with Gasteiger partial charge in [-0.2, -0.15) is 0 Å². The van der Waals surface area contributed by atoms with E-state index >= 15 is 0 Å². The Kier molecular flexibility index (Phi) is 4.25. The van der Waals surface area contributed by atoms with E-state index < -0.39 is 5.82 Å². The van der Waals surface area contributed by atoms with Crippen LogP contribution < -0.4 is 5.43 Å².